The van der Waals surface area contributed by atoms with E-state index in [0.717, 1.165) is 11.1 Å². The molecule has 0 fully saturated rings. The van der Waals surface area contributed by atoms with Crippen LogP contribution in [0.2, 0.25) is 0 Å². The molecule has 0 atom stereocenters. The summed E-state index contributed by atoms with van der Waals surface area (Å²) in [5.41, 5.74) is 3.92. The van der Waals surface area contributed by atoms with Crippen molar-refractivity contribution in [2.75, 3.05) is 7.11 Å². The molecule has 0 unspecified atom stereocenters. The van der Waals surface area contributed by atoms with Crippen LogP contribution in [0.3, 0.4) is 0 Å². The molecule has 2 aromatic rings. The molecule has 0 aliphatic rings. The normalized spacial score (nSPS) is 10.2. The average molecular weight is 317 g/mol. The average Bonchev–Trinajstić information content (AvgIpc) is 2.46. The van der Waals surface area contributed by atoms with E-state index in [0.29, 0.717) is 15.0 Å². The van der Waals surface area contributed by atoms with E-state index in [1.807, 2.05) is 12.1 Å². The van der Waals surface area contributed by atoms with Gasteiger partial charge in [0.1, 0.15) is 0 Å². The van der Waals surface area contributed by atoms with Crippen molar-refractivity contribution >= 4 is 19.4 Å². The van der Waals surface area contributed by atoms with Gasteiger partial charge in [-0.3, -0.25) is 0 Å². The zero-order valence-electron chi connectivity index (χ0n) is 11.3. The molecule has 0 amide bonds. The molecule has 0 aliphatic heterocycles. The molecule has 2 rings (SSSR count). The number of aryl methyl sites for hydroxylation is 1. The molecule has 2 heteroatoms. The predicted molar refractivity (Wildman–Crippen MR) is 82.7 cm³/mol. The summed E-state index contributed by atoms with van der Waals surface area (Å²) in [6.45, 7) is 6.32. The fourth-order valence-corrected chi connectivity index (χ4v) is 3.47. The molecule has 0 aromatic heterocycles. The standard InChI is InChI=1S/C17H18OSe/c1-13-4-6-15(7-5-13)12-19-14(2)16-8-10-17(18-3)11-9-16/h4-11H,2,12H2,1,3H3. The SMILES string of the molecule is C=C([Se]Cc1ccc(C)cc1)c1ccc(OC)cc1. The first-order chi connectivity index (χ1) is 9.19. The van der Waals surface area contributed by atoms with Crippen LogP contribution in [0.15, 0.2) is 55.1 Å². The Morgan fingerprint density at radius 2 is 1.68 bits per heavy atom. The molecule has 19 heavy (non-hydrogen) atoms. The van der Waals surface area contributed by atoms with Gasteiger partial charge < -0.3 is 0 Å². The van der Waals surface area contributed by atoms with E-state index < -0.39 is 0 Å². The number of hydrogen-bond donors (Lipinski definition) is 0. The second-order valence-corrected chi connectivity index (χ2v) is 6.67. The fourth-order valence-electron chi connectivity index (χ4n) is 1.71. The Bertz CT molecular complexity index is 540. The number of rotatable bonds is 5. The number of benzene rings is 2. The van der Waals surface area contributed by atoms with Crippen molar-refractivity contribution in [1.82, 2.24) is 0 Å². The Balaban J connectivity index is 1.95. The Hall–Kier alpha value is -1.50. The Labute approximate surface area is 121 Å². The number of hydrogen-bond acceptors (Lipinski definition) is 1. The first-order valence-corrected chi connectivity index (χ1v) is 8.27. The monoisotopic (exact) mass is 318 g/mol. The summed E-state index contributed by atoms with van der Waals surface area (Å²) in [6, 6.07) is 16.9. The van der Waals surface area contributed by atoms with Crippen molar-refractivity contribution in [3.63, 3.8) is 0 Å². The van der Waals surface area contributed by atoms with Crippen LogP contribution in [0.25, 0.3) is 4.47 Å². The van der Waals surface area contributed by atoms with Crippen molar-refractivity contribution in [2.45, 2.75) is 12.2 Å². The predicted octanol–water partition coefficient (Wildman–Crippen LogP) is 3.88. The molecule has 98 valence electrons. The van der Waals surface area contributed by atoms with Gasteiger partial charge in [-0.15, -0.1) is 0 Å². The van der Waals surface area contributed by atoms with Gasteiger partial charge in [0.2, 0.25) is 0 Å². The minimum atomic E-state index is 0.393. The Morgan fingerprint density at radius 3 is 2.26 bits per heavy atom. The van der Waals surface area contributed by atoms with Crippen LogP contribution in [0.5, 0.6) is 5.75 Å². The molecule has 1 nitrogen and oxygen atoms in total. The van der Waals surface area contributed by atoms with Gasteiger partial charge in [-0.1, -0.05) is 0 Å². The molecule has 0 heterocycles. The molecule has 0 saturated carbocycles. The van der Waals surface area contributed by atoms with Gasteiger partial charge in [-0.25, -0.2) is 0 Å². The van der Waals surface area contributed by atoms with E-state index >= 15 is 0 Å². The Kier molecular flexibility index (Phi) is 4.84. The third kappa shape index (κ3) is 3.99. The van der Waals surface area contributed by atoms with Gasteiger partial charge in [-0.05, 0) is 0 Å². The summed E-state index contributed by atoms with van der Waals surface area (Å²) in [4.78, 5) is 0. The van der Waals surface area contributed by atoms with E-state index in [-0.39, 0.29) is 0 Å². The molecule has 0 N–H and O–H groups in total. The molecule has 0 radical (unpaired) electrons. The minimum absolute atomic E-state index is 0.393. The van der Waals surface area contributed by atoms with Crippen LogP contribution in [-0.2, 0) is 5.32 Å². The van der Waals surface area contributed by atoms with Crippen LogP contribution in [-0.4, -0.2) is 22.1 Å². The van der Waals surface area contributed by atoms with Crippen molar-refractivity contribution in [3.05, 3.63) is 71.8 Å². The van der Waals surface area contributed by atoms with E-state index in [1.54, 1.807) is 7.11 Å². The third-order valence-electron chi connectivity index (χ3n) is 2.95. The van der Waals surface area contributed by atoms with Crippen molar-refractivity contribution in [2.24, 2.45) is 0 Å². The molecule has 0 spiro atoms. The zero-order chi connectivity index (χ0) is 13.7. The van der Waals surface area contributed by atoms with E-state index in [9.17, 15) is 0 Å². The van der Waals surface area contributed by atoms with Gasteiger partial charge in [0.25, 0.3) is 0 Å². The molecule has 0 saturated heterocycles. The molecular weight excluding hydrogens is 299 g/mol. The Morgan fingerprint density at radius 1 is 1.05 bits per heavy atom. The summed E-state index contributed by atoms with van der Waals surface area (Å²) < 4.78 is 6.40. The third-order valence-corrected chi connectivity index (χ3v) is 5.17. The maximum absolute atomic E-state index is 5.16. The summed E-state index contributed by atoms with van der Waals surface area (Å²) >= 11 is 0.393. The van der Waals surface area contributed by atoms with Crippen molar-refractivity contribution < 1.29 is 4.74 Å². The van der Waals surface area contributed by atoms with Gasteiger partial charge >= 0.3 is 121 Å². The van der Waals surface area contributed by atoms with Crippen LogP contribution in [0.1, 0.15) is 16.7 Å². The van der Waals surface area contributed by atoms with Gasteiger partial charge in [0.15, 0.2) is 0 Å². The van der Waals surface area contributed by atoms with Crippen LogP contribution >= 0.6 is 0 Å². The fraction of sp³-hybridized carbons (Fsp3) is 0.176. The van der Waals surface area contributed by atoms with Crippen molar-refractivity contribution in [1.29, 1.82) is 0 Å². The molecule has 2 aromatic carbocycles. The molecule has 0 aliphatic carbocycles. The zero-order valence-corrected chi connectivity index (χ0v) is 13.1. The van der Waals surface area contributed by atoms with E-state index in [2.05, 4.69) is 49.9 Å². The summed E-state index contributed by atoms with van der Waals surface area (Å²) in [5.74, 6) is 0.891. The summed E-state index contributed by atoms with van der Waals surface area (Å²) in [5, 5.41) is 1.10. The topological polar surface area (TPSA) is 9.23 Å². The first kappa shape index (κ1) is 13.9. The van der Waals surface area contributed by atoms with Crippen LogP contribution in [0.4, 0.5) is 0 Å². The van der Waals surface area contributed by atoms with Gasteiger partial charge in [0.05, 0.1) is 0 Å². The second kappa shape index (κ2) is 6.60. The van der Waals surface area contributed by atoms with E-state index in [4.69, 9.17) is 4.74 Å². The second-order valence-electron chi connectivity index (χ2n) is 4.43. The van der Waals surface area contributed by atoms with Gasteiger partial charge in [0, 0.05) is 0 Å². The first-order valence-electron chi connectivity index (χ1n) is 6.21. The van der Waals surface area contributed by atoms with Crippen molar-refractivity contribution in [3.8, 4) is 5.75 Å². The number of methoxy groups -OCH3 is 1. The molecule has 0 bridgehead atoms. The van der Waals surface area contributed by atoms with Gasteiger partial charge in [-0.2, -0.15) is 0 Å². The molecular formula is C17H18OSe. The quantitative estimate of drug-likeness (QED) is 0.761. The van der Waals surface area contributed by atoms with Crippen LogP contribution < -0.4 is 4.74 Å². The van der Waals surface area contributed by atoms with Crippen LogP contribution in [0, 0.1) is 6.92 Å². The number of ether oxygens (including phenoxy) is 1. The maximum atomic E-state index is 5.16. The summed E-state index contributed by atoms with van der Waals surface area (Å²) in [7, 11) is 1.69. The van der Waals surface area contributed by atoms with E-state index in [1.165, 1.54) is 21.2 Å². The summed E-state index contributed by atoms with van der Waals surface area (Å²) in [6.07, 6.45) is 0.